The number of alkyl halides is 1. The van der Waals surface area contributed by atoms with E-state index in [2.05, 4.69) is 40.8 Å². The van der Waals surface area contributed by atoms with E-state index in [0.717, 1.165) is 28.3 Å². The van der Waals surface area contributed by atoms with Gasteiger partial charge in [-0.05, 0) is 42.3 Å². The maximum atomic E-state index is 5.20. The predicted octanol–water partition coefficient (Wildman–Crippen LogP) is 4.81. The van der Waals surface area contributed by atoms with Crippen LogP contribution in [0.2, 0.25) is 0 Å². The SMILES string of the molecule is C=C(c1ccc(OC)cc1)c1cc2c(C)nccc2n1C.CCl. The molecule has 0 unspecified atom stereocenters. The average molecular weight is 329 g/mol. The van der Waals surface area contributed by atoms with E-state index >= 15 is 0 Å². The molecule has 4 heteroatoms. The molecule has 3 rings (SSSR count). The lowest BCUT2D eigenvalue weighted by molar-refractivity contribution is 0.415. The standard InChI is InChI=1S/C18H18N2O.CH3Cl/c1-12(14-5-7-15(21-4)8-6-14)18-11-16-13(2)19-10-9-17(16)20(18)3;1-2/h5-11H,1H2,2-4H3;1H3. The monoisotopic (exact) mass is 328 g/mol. The molecule has 0 bridgehead atoms. The summed E-state index contributed by atoms with van der Waals surface area (Å²) in [6.45, 7) is 6.28. The number of pyridine rings is 1. The minimum absolute atomic E-state index is 0.851. The highest BCUT2D eigenvalue weighted by molar-refractivity contribution is 6.15. The number of nitrogens with zero attached hydrogens (tertiary/aromatic N) is 2. The molecular formula is C19H21ClN2O. The molecule has 0 aliphatic carbocycles. The summed E-state index contributed by atoms with van der Waals surface area (Å²) in [5.41, 5.74) is 5.40. The highest BCUT2D eigenvalue weighted by Gasteiger charge is 2.12. The van der Waals surface area contributed by atoms with E-state index in [1.54, 1.807) is 7.11 Å². The number of halogens is 1. The van der Waals surface area contributed by atoms with Crippen LogP contribution in [-0.4, -0.2) is 23.0 Å². The Morgan fingerprint density at radius 2 is 1.83 bits per heavy atom. The van der Waals surface area contributed by atoms with Gasteiger partial charge in [0.15, 0.2) is 0 Å². The van der Waals surface area contributed by atoms with Gasteiger partial charge in [-0.25, -0.2) is 0 Å². The zero-order valence-electron chi connectivity index (χ0n) is 13.9. The Morgan fingerprint density at radius 1 is 1.17 bits per heavy atom. The molecule has 0 amide bonds. The third kappa shape index (κ3) is 3.25. The highest BCUT2D eigenvalue weighted by atomic mass is 35.5. The van der Waals surface area contributed by atoms with E-state index in [9.17, 15) is 0 Å². The van der Waals surface area contributed by atoms with Crippen LogP contribution in [0.3, 0.4) is 0 Å². The summed E-state index contributed by atoms with van der Waals surface area (Å²) >= 11 is 4.64. The van der Waals surface area contributed by atoms with Gasteiger partial charge in [-0.15, -0.1) is 11.6 Å². The summed E-state index contributed by atoms with van der Waals surface area (Å²) in [5.74, 6) is 0.851. The number of hydrogen-bond acceptors (Lipinski definition) is 2. The predicted molar refractivity (Wildman–Crippen MR) is 98.4 cm³/mol. The topological polar surface area (TPSA) is 27.1 Å². The van der Waals surface area contributed by atoms with Crippen LogP contribution >= 0.6 is 11.6 Å². The van der Waals surface area contributed by atoms with Crippen molar-refractivity contribution in [1.82, 2.24) is 9.55 Å². The van der Waals surface area contributed by atoms with Crippen LogP contribution in [0.1, 0.15) is 17.0 Å². The van der Waals surface area contributed by atoms with E-state index in [1.807, 2.05) is 43.5 Å². The fraction of sp³-hybridized carbons (Fsp3) is 0.211. The van der Waals surface area contributed by atoms with Crippen LogP contribution in [0.4, 0.5) is 0 Å². The van der Waals surface area contributed by atoms with Gasteiger partial charge in [-0.1, -0.05) is 18.7 Å². The third-order valence-electron chi connectivity index (χ3n) is 3.92. The zero-order chi connectivity index (χ0) is 17.0. The zero-order valence-corrected chi connectivity index (χ0v) is 14.7. The summed E-state index contributed by atoms with van der Waals surface area (Å²) in [7, 11) is 3.73. The van der Waals surface area contributed by atoms with Crippen LogP contribution in [0, 0.1) is 6.92 Å². The molecule has 0 fully saturated rings. The number of ether oxygens (including phenoxy) is 1. The molecule has 0 saturated heterocycles. The van der Waals surface area contributed by atoms with Crippen molar-refractivity contribution in [3.05, 3.63) is 66.1 Å². The van der Waals surface area contributed by atoms with Crippen molar-refractivity contribution in [1.29, 1.82) is 0 Å². The first-order valence-corrected chi connectivity index (χ1v) is 8.00. The second-order valence-electron chi connectivity index (χ2n) is 5.12. The van der Waals surface area contributed by atoms with Crippen LogP contribution in [-0.2, 0) is 7.05 Å². The molecule has 0 aliphatic rings. The Hall–Kier alpha value is -2.26. The second-order valence-corrected chi connectivity index (χ2v) is 5.12. The second kappa shape index (κ2) is 7.34. The number of fused-ring (bicyclic) bond motifs is 1. The Kier molecular flexibility index (Phi) is 5.45. The summed E-state index contributed by atoms with van der Waals surface area (Å²) < 4.78 is 7.36. The molecule has 0 atom stereocenters. The molecule has 2 heterocycles. The fourth-order valence-corrected chi connectivity index (χ4v) is 2.63. The van der Waals surface area contributed by atoms with Gasteiger partial charge in [0.2, 0.25) is 0 Å². The van der Waals surface area contributed by atoms with Crippen LogP contribution in [0.5, 0.6) is 5.75 Å². The van der Waals surface area contributed by atoms with Gasteiger partial charge in [0, 0.05) is 36.4 Å². The lowest BCUT2D eigenvalue weighted by Gasteiger charge is -2.09. The minimum Gasteiger partial charge on any atom is -0.497 e. The largest absolute Gasteiger partial charge is 0.497 e. The lowest BCUT2D eigenvalue weighted by atomic mass is 10.0. The smallest absolute Gasteiger partial charge is 0.118 e. The molecule has 0 aliphatic heterocycles. The van der Waals surface area contributed by atoms with Gasteiger partial charge in [0.05, 0.1) is 12.6 Å². The lowest BCUT2D eigenvalue weighted by Crippen LogP contribution is -1.96. The Balaban J connectivity index is 0.000000924. The molecule has 3 aromatic rings. The molecule has 0 saturated carbocycles. The van der Waals surface area contributed by atoms with Gasteiger partial charge < -0.3 is 9.30 Å². The summed E-state index contributed by atoms with van der Waals surface area (Å²) in [4.78, 5) is 4.36. The molecule has 0 N–H and O–H groups in total. The van der Waals surface area contributed by atoms with Gasteiger partial charge in [-0.3, -0.25) is 4.98 Å². The third-order valence-corrected chi connectivity index (χ3v) is 3.92. The summed E-state index contributed by atoms with van der Waals surface area (Å²) in [5, 5.41) is 1.17. The van der Waals surface area contributed by atoms with Crippen LogP contribution in [0.15, 0.2) is 49.2 Å². The fourth-order valence-electron chi connectivity index (χ4n) is 2.63. The maximum Gasteiger partial charge on any atom is 0.118 e. The Morgan fingerprint density at radius 3 is 2.39 bits per heavy atom. The van der Waals surface area contributed by atoms with Crippen molar-refractivity contribution in [2.75, 3.05) is 13.5 Å². The van der Waals surface area contributed by atoms with Crippen LogP contribution < -0.4 is 4.74 Å². The molecule has 0 radical (unpaired) electrons. The maximum absolute atomic E-state index is 5.20. The van der Waals surface area contributed by atoms with Crippen molar-refractivity contribution in [3.8, 4) is 5.75 Å². The van der Waals surface area contributed by atoms with E-state index in [1.165, 1.54) is 17.3 Å². The van der Waals surface area contributed by atoms with E-state index in [0.29, 0.717) is 0 Å². The van der Waals surface area contributed by atoms with Crippen LogP contribution in [0.25, 0.3) is 16.5 Å². The normalized spacial score (nSPS) is 10.1. The summed E-state index contributed by atoms with van der Waals surface area (Å²) in [6, 6.07) is 12.2. The van der Waals surface area contributed by atoms with Crippen molar-refractivity contribution in [3.63, 3.8) is 0 Å². The van der Waals surface area contributed by atoms with Crippen molar-refractivity contribution in [2.45, 2.75) is 6.92 Å². The number of aryl methyl sites for hydroxylation is 2. The summed E-state index contributed by atoms with van der Waals surface area (Å²) in [6.07, 6.45) is 3.32. The van der Waals surface area contributed by atoms with Gasteiger partial charge in [-0.2, -0.15) is 0 Å². The number of benzene rings is 1. The molecule has 23 heavy (non-hydrogen) atoms. The molecule has 3 nitrogen and oxygen atoms in total. The number of rotatable bonds is 3. The van der Waals surface area contributed by atoms with E-state index in [-0.39, 0.29) is 0 Å². The molecular weight excluding hydrogens is 308 g/mol. The number of aromatic nitrogens is 2. The van der Waals surface area contributed by atoms with Gasteiger partial charge in [0.1, 0.15) is 5.75 Å². The molecule has 120 valence electrons. The molecule has 0 spiro atoms. The molecule has 1 aromatic carbocycles. The van der Waals surface area contributed by atoms with Crippen molar-refractivity contribution >= 4 is 28.1 Å². The Bertz CT molecular complexity index is 819. The average Bonchev–Trinajstić information content (AvgIpc) is 2.95. The first-order valence-electron chi connectivity index (χ1n) is 7.24. The molecule has 2 aromatic heterocycles. The van der Waals surface area contributed by atoms with Gasteiger partial charge in [0.25, 0.3) is 0 Å². The first-order chi connectivity index (χ1) is 11.1. The minimum atomic E-state index is 0.851. The highest BCUT2D eigenvalue weighted by Crippen LogP contribution is 2.29. The first kappa shape index (κ1) is 17.1. The van der Waals surface area contributed by atoms with Crippen molar-refractivity contribution in [2.24, 2.45) is 7.05 Å². The van der Waals surface area contributed by atoms with Crippen molar-refractivity contribution < 1.29 is 4.74 Å². The number of hydrogen-bond donors (Lipinski definition) is 0. The quantitative estimate of drug-likeness (QED) is 0.645. The van der Waals surface area contributed by atoms with Gasteiger partial charge >= 0.3 is 0 Å². The van der Waals surface area contributed by atoms with E-state index < -0.39 is 0 Å². The van der Waals surface area contributed by atoms with E-state index in [4.69, 9.17) is 4.74 Å². The Labute approximate surface area is 142 Å². The number of methoxy groups -OCH3 is 1.